The Balaban J connectivity index is 4.60. The molecule has 3 N–H and O–H groups in total. The molecule has 3 atom stereocenters. The van der Waals surface area contributed by atoms with Gasteiger partial charge in [-0.1, -0.05) is 64.5 Å². The van der Waals surface area contributed by atoms with Gasteiger partial charge in [0.25, 0.3) is 0 Å². The van der Waals surface area contributed by atoms with Gasteiger partial charge in [0.05, 0.1) is 6.26 Å². The Morgan fingerprint density at radius 3 is 2.06 bits per heavy atom. The second kappa shape index (κ2) is 16.7. The summed E-state index contributed by atoms with van der Waals surface area (Å²) >= 11 is 3.35. The molecule has 0 rings (SSSR count). The Labute approximate surface area is 217 Å². The molecule has 7 nitrogen and oxygen atoms in total. The molecule has 0 heterocycles. The summed E-state index contributed by atoms with van der Waals surface area (Å²) in [6, 6.07) is -2.13. The van der Waals surface area contributed by atoms with Crippen molar-refractivity contribution in [3.63, 3.8) is 0 Å². The lowest BCUT2D eigenvalue weighted by atomic mass is 10.1. The number of carboxylic acids is 1. The molecule has 10 heteroatoms. The van der Waals surface area contributed by atoms with Crippen molar-refractivity contribution in [1.82, 2.24) is 10.0 Å². The van der Waals surface area contributed by atoms with E-state index in [9.17, 15) is 23.1 Å². The molecule has 0 fully saturated rings. The van der Waals surface area contributed by atoms with Gasteiger partial charge in [-0.3, -0.25) is 4.79 Å². The van der Waals surface area contributed by atoms with Gasteiger partial charge in [-0.2, -0.15) is 11.8 Å². The van der Waals surface area contributed by atoms with E-state index in [1.165, 1.54) is 28.5 Å². The molecular formula is C23H39IN2O5S2. The fourth-order valence-corrected chi connectivity index (χ4v) is 5.27. The van der Waals surface area contributed by atoms with E-state index in [-0.39, 0.29) is 9.68 Å². The van der Waals surface area contributed by atoms with Crippen LogP contribution < -0.4 is 10.0 Å². The number of carboxylic acid groups (broad SMARTS) is 1. The number of carbonyl (C=O) groups excluding carboxylic acids is 1. The fraction of sp³-hybridized carbons (Fsp3) is 0.652. The van der Waals surface area contributed by atoms with Crippen LogP contribution in [0.1, 0.15) is 60.3 Å². The first-order chi connectivity index (χ1) is 15.2. The third-order valence-electron chi connectivity index (χ3n) is 4.65. The van der Waals surface area contributed by atoms with E-state index < -0.39 is 34.0 Å². The summed E-state index contributed by atoms with van der Waals surface area (Å²) in [5.41, 5.74) is 3.97. The van der Waals surface area contributed by atoms with Crippen LogP contribution in [-0.2, 0) is 19.6 Å². The van der Waals surface area contributed by atoms with Gasteiger partial charge in [0.2, 0.25) is 15.9 Å². The van der Waals surface area contributed by atoms with Gasteiger partial charge in [-0.15, -0.1) is 0 Å². The molecule has 0 unspecified atom stereocenters. The number of alkyl halides is 1. The maximum absolute atomic E-state index is 12.5. The summed E-state index contributed by atoms with van der Waals surface area (Å²) < 4.78 is 24.9. The minimum absolute atomic E-state index is 0.190. The molecule has 0 aliphatic rings. The summed E-state index contributed by atoms with van der Waals surface area (Å²) in [4.78, 5) is 24.0. The van der Waals surface area contributed by atoms with Crippen molar-refractivity contribution in [3.05, 3.63) is 34.9 Å². The average Bonchev–Trinajstić information content (AvgIpc) is 2.66. The Hall–Kier alpha value is -0.850. The molecule has 0 saturated carbocycles. The number of halogens is 1. The maximum Gasteiger partial charge on any atom is 0.327 e. The van der Waals surface area contributed by atoms with Crippen LogP contribution in [0.3, 0.4) is 0 Å². The highest BCUT2D eigenvalue weighted by Gasteiger charge is 2.30. The van der Waals surface area contributed by atoms with Gasteiger partial charge in [0.1, 0.15) is 12.1 Å². The fourth-order valence-electron chi connectivity index (χ4n) is 2.75. The maximum atomic E-state index is 12.5. The van der Waals surface area contributed by atoms with Crippen molar-refractivity contribution >= 4 is 56.3 Å². The zero-order valence-electron chi connectivity index (χ0n) is 20.5. The summed E-state index contributed by atoms with van der Waals surface area (Å²) in [5, 5.41) is 11.9. The standard InChI is InChI=1S/C23H39IN2O5S2/c1-16(2)9-7-10-17(3)11-8-12-18(4)13-14-32-15-20(23(28)29)25-22(27)21(19(5)24)26-33(6,30)31/h9,11,13,19-21,26H,7-8,10,12,14-15H2,1-6H3,(H,25,27)(H,28,29)/b17-11+,18-13+/t19-,20+,21+/m1/s1. The van der Waals surface area contributed by atoms with Crippen LogP contribution in [0.25, 0.3) is 0 Å². The van der Waals surface area contributed by atoms with Gasteiger partial charge in [-0.05, 0) is 53.4 Å². The Bertz CT molecular complexity index is 832. The monoisotopic (exact) mass is 614 g/mol. The van der Waals surface area contributed by atoms with Gasteiger partial charge >= 0.3 is 5.97 Å². The normalized spacial score (nSPS) is 15.5. The van der Waals surface area contributed by atoms with E-state index in [0.29, 0.717) is 5.75 Å². The highest BCUT2D eigenvalue weighted by molar-refractivity contribution is 14.1. The van der Waals surface area contributed by atoms with Crippen LogP contribution in [0.4, 0.5) is 0 Å². The number of sulfonamides is 1. The summed E-state index contributed by atoms with van der Waals surface area (Å²) in [7, 11) is -3.60. The Morgan fingerprint density at radius 1 is 1.03 bits per heavy atom. The summed E-state index contributed by atoms with van der Waals surface area (Å²) in [5.74, 6) is -0.962. The van der Waals surface area contributed by atoms with Gasteiger partial charge in [0.15, 0.2) is 0 Å². The number of allylic oxidation sites excluding steroid dienone is 5. The van der Waals surface area contributed by atoms with Crippen molar-refractivity contribution in [2.45, 2.75) is 76.3 Å². The summed E-state index contributed by atoms with van der Waals surface area (Å²) in [6.45, 7) is 10.1. The van der Waals surface area contributed by atoms with Crippen molar-refractivity contribution in [2.75, 3.05) is 17.8 Å². The van der Waals surface area contributed by atoms with Crippen LogP contribution in [0, 0.1) is 0 Å². The van der Waals surface area contributed by atoms with Crippen molar-refractivity contribution in [3.8, 4) is 0 Å². The molecule has 0 aromatic heterocycles. The van der Waals surface area contributed by atoms with Crippen molar-refractivity contribution < 1.29 is 23.1 Å². The number of hydrogen-bond donors (Lipinski definition) is 3. The quantitative estimate of drug-likeness (QED) is 0.103. The molecule has 0 spiro atoms. The molecule has 0 aromatic carbocycles. The van der Waals surface area contributed by atoms with Crippen molar-refractivity contribution in [1.29, 1.82) is 0 Å². The molecule has 0 bridgehead atoms. The minimum Gasteiger partial charge on any atom is -0.480 e. The summed E-state index contributed by atoms with van der Waals surface area (Å²) in [6.07, 6.45) is 11.6. The number of hydrogen-bond acceptors (Lipinski definition) is 5. The molecule has 0 saturated heterocycles. The second-order valence-electron chi connectivity index (χ2n) is 8.44. The first kappa shape index (κ1) is 32.1. The molecule has 0 radical (unpaired) electrons. The lowest BCUT2D eigenvalue weighted by Crippen LogP contribution is -2.54. The lowest BCUT2D eigenvalue weighted by Gasteiger charge is -2.22. The average molecular weight is 615 g/mol. The third-order valence-corrected chi connectivity index (χ3v) is 7.03. The van der Waals surface area contributed by atoms with Gasteiger partial charge < -0.3 is 10.4 Å². The second-order valence-corrected chi connectivity index (χ2v) is 13.3. The number of rotatable bonds is 16. The Morgan fingerprint density at radius 2 is 1.58 bits per heavy atom. The van der Waals surface area contributed by atoms with Crippen LogP contribution in [0.15, 0.2) is 34.9 Å². The number of carbonyl (C=O) groups is 2. The number of nitrogens with one attached hydrogen (secondary N) is 2. The van der Waals surface area contributed by atoms with E-state index in [4.69, 9.17) is 0 Å². The molecule has 0 aromatic rings. The predicted molar refractivity (Wildman–Crippen MR) is 148 cm³/mol. The third kappa shape index (κ3) is 17.3. The smallest absolute Gasteiger partial charge is 0.327 e. The number of thioether (sulfide) groups is 1. The van der Waals surface area contributed by atoms with Crippen LogP contribution in [0.5, 0.6) is 0 Å². The molecule has 1 amide bonds. The van der Waals surface area contributed by atoms with Gasteiger partial charge in [0, 0.05) is 15.4 Å². The van der Waals surface area contributed by atoms with Crippen LogP contribution in [-0.4, -0.2) is 59.2 Å². The van der Waals surface area contributed by atoms with Crippen LogP contribution >= 0.6 is 34.4 Å². The molecule has 33 heavy (non-hydrogen) atoms. The number of aliphatic carboxylic acids is 1. The van der Waals surface area contributed by atoms with Gasteiger partial charge in [-0.25, -0.2) is 17.9 Å². The predicted octanol–water partition coefficient (Wildman–Crippen LogP) is 4.45. The SMILES string of the molecule is CC(C)=CCC/C(C)=C/CC/C(C)=C/CSC[C@H](NC(=O)[C@@H](NS(C)(=O)=O)[C@@H](C)I)C(=O)O. The van der Waals surface area contributed by atoms with E-state index >= 15 is 0 Å². The first-order valence-electron chi connectivity index (χ1n) is 10.9. The lowest BCUT2D eigenvalue weighted by molar-refractivity contribution is -0.141. The highest BCUT2D eigenvalue weighted by Crippen LogP contribution is 2.13. The first-order valence-corrected chi connectivity index (χ1v) is 15.2. The zero-order valence-corrected chi connectivity index (χ0v) is 24.3. The van der Waals surface area contributed by atoms with Crippen LogP contribution in [0.2, 0.25) is 0 Å². The largest absolute Gasteiger partial charge is 0.480 e. The molecule has 0 aliphatic carbocycles. The highest BCUT2D eigenvalue weighted by atomic mass is 127. The van der Waals surface area contributed by atoms with E-state index in [1.54, 1.807) is 6.92 Å². The molecular weight excluding hydrogens is 575 g/mol. The topological polar surface area (TPSA) is 113 Å². The Kier molecular flexibility index (Phi) is 16.3. The molecule has 0 aliphatic heterocycles. The van der Waals surface area contributed by atoms with E-state index in [0.717, 1.165) is 31.9 Å². The minimum atomic E-state index is -3.60. The molecule has 190 valence electrons. The zero-order chi connectivity index (χ0) is 25.6. The van der Waals surface area contributed by atoms with E-state index in [2.05, 4.69) is 56.0 Å². The number of amides is 1. The van der Waals surface area contributed by atoms with Crippen molar-refractivity contribution in [2.24, 2.45) is 0 Å². The van der Waals surface area contributed by atoms with E-state index in [1.807, 2.05) is 22.6 Å².